The third-order valence-corrected chi connectivity index (χ3v) is 2.96. The normalized spacial score (nSPS) is 11.6. The first-order valence-corrected chi connectivity index (χ1v) is 6.93. The van der Waals surface area contributed by atoms with Crippen molar-refractivity contribution in [3.63, 3.8) is 0 Å². The van der Waals surface area contributed by atoms with Gasteiger partial charge in [0.15, 0.2) is 0 Å². The zero-order valence-electron chi connectivity index (χ0n) is 7.20. The van der Waals surface area contributed by atoms with Crippen LogP contribution in [0.15, 0.2) is 21.2 Å². The number of hydrogen-bond donors (Lipinski definition) is 0. The van der Waals surface area contributed by atoms with Gasteiger partial charge in [0, 0.05) is 15.1 Å². The Morgan fingerprint density at radius 1 is 1.50 bits per heavy atom. The van der Waals surface area contributed by atoms with E-state index in [2.05, 4.69) is 41.0 Å². The van der Waals surface area contributed by atoms with Crippen LogP contribution in [0.4, 0.5) is 0 Å². The summed E-state index contributed by atoms with van der Waals surface area (Å²) in [7, 11) is -3.42. The topological polar surface area (TPSA) is 56.3 Å². The summed E-state index contributed by atoms with van der Waals surface area (Å²) in [6.07, 6.45) is 2.57. The molecular weight excluding hydrogens is 338 g/mol. The van der Waals surface area contributed by atoms with Crippen LogP contribution in [0, 0.1) is 0 Å². The molecule has 1 rings (SSSR count). The van der Waals surface area contributed by atoms with Crippen molar-refractivity contribution < 1.29 is 12.6 Å². The van der Waals surface area contributed by atoms with Crippen LogP contribution in [-0.4, -0.2) is 19.7 Å². The van der Waals surface area contributed by atoms with Gasteiger partial charge in [0.2, 0.25) is 0 Å². The van der Waals surface area contributed by atoms with Crippen molar-refractivity contribution in [3.8, 4) is 0 Å². The van der Waals surface area contributed by atoms with Gasteiger partial charge in [0.1, 0.15) is 6.61 Å². The van der Waals surface area contributed by atoms with Crippen molar-refractivity contribution in [1.29, 1.82) is 0 Å². The molecule has 7 heteroatoms. The molecule has 0 atom stereocenters. The minimum atomic E-state index is -3.42. The van der Waals surface area contributed by atoms with Gasteiger partial charge in [-0.05, 0) is 37.9 Å². The molecule has 4 nitrogen and oxygen atoms in total. The molecule has 0 aliphatic heterocycles. The van der Waals surface area contributed by atoms with E-state index < -0.39 is 10.1 Å². The van der Waals surface area contributed by atoms with Crippen molar-refractivity contribution in [2.24, 2.45) is 0 Å². The van der Waals surface area contributed by atoms with Gasteiger partial charge >= 0.3 is 0 Å². The highest BCUT2D eigenvalue weighted by Gasteiger charge is 2.07. The molecule has 0 amide bonds. The Balaban J connectivity index is 2.78. The van der Waals surface area contributed by atoms with Crippen LogP contribution in [0.25, 0.3) is 0 Å². The number of hydrogen-bond acceptors (Lipinski definition) is 4. The maximum atomic E-state index is 10.7. The fourth-order valence-corrected chi connectivity index (χ4v) is 2.14. The van der Waals surface area contributed by atoms with Gasteiger partial charge in [-0.3, -0.25) is 9.17 Å². The Morgan fingerprint density at radius 3 is 2.64 bits per heavy atom. The summed E-state index contributed by atoms with van der Waals surface area (Å²) >= 11 is 6.48. The molecule has 1 aromatic heterocycles. The van der Waals surface area contributed by atoms with Gasteiger partial charge in [0.25, 0.3) is 10.1 Å². The monoisotopic (exact) mass is 343 g/mol. The molecule has 1 aromatic rings. The molecule has 0 bridgehead atoms. The lowest BCUT2D eigenvalue weighted by molar-refractivity contribution is 0.306. The predicted octanol–water partition coefficient (Wildman–Crippen LogP) is 2.08. The lowest BCUT2D eigenvalue weighted by Crippen LogP contribution is -2.04. The highest BCUT2D eigenvalue weighted by Crippen LogP contribution is 2.20. The maximum absolute atomic E-state index is 10.7. The summed E-state index contributed by atoms with van der Waals surface area (Å²) in [6, 6.07) is 1.77. The van der Waals surface area contributed by atoms with Crippen LogP contribution in [-0.2, 0) is 20.9 Å². The number of nitrogens with zero attached hydrogens (tertiary/aromatic N) is 1. The van der Waals surface area contributed by atoms with Gasteiger partial charge < -0.3 is 0 Å². The smallest absolute Gasteiger partial charge is 0.264 e. The van der Waals surface area contributed by atoms with Gasteiger partial charge in [-0.15, -0.1) is 0 Å². The van der Waals surface area contributed by atoms with E-state index in [1.165, 1.54) is 0 Å². The predicted molar refractivity (Wildman–Crippen MR) is 59.3 cm³/mol. The summed E-state index contributed by atoms with van der Waals surface area (Å²) in [4.78, 5) is 4.00. The third kappa shape index (κ3) is 4.04. The fourth-order valence-electron chi connectivity index (χ4n) is 0.712. The van der Waals surface area contributed by atoms with Gasteiger partial charge in [-0.1, -0.05) is 0 Å². The first-order chi connectivity index (χ1) is 6.38. The zero-order valence-corrected chi connectivity index (χ0v) is 11.2. The van der Waals surface area contributed by atoms with Crippen LogP contribution >= 0.6 is 31.9 Å². The molecule has 0 N–H and O–H groups in total. The number of halogens is 2. The van der Waals surface area contributed by atoms with E-state index in [4.69, 9.17) is 0 Å². The second-order valence-corrected chi connectivity index (χ2v) is 5.96. The zero-order chi connectivity index (χ0) is 10.8. The Bertz CT molecular complexity index is 433. The van der Waals surface area contributed by atoms with Crippen molar-refractivity contribution in [2.45, 2.75) is 6.61 Å². The summed E-state index contributed by atoms with van der Waals surface area (Å²) in [5.41, 5.74) is 0.540. The Hall–Kier alpha value is 0.0200. The Kier molecular flexibility index (Phi) is 4.05. The van der Waals surface area contributed by atoms with Gasteiger partial charge in [0.05, 0.1) is 11.9 Å². The summed E-state index contributed by atoms with van der Waals surface area (Å²) < 4.78 is 27.5. The number of aromatic nitrogens is 1. The first-order valence-electron chi connectivity index (χ1n) is 3.53. The lowest BCUT2D eigenvalue weighted by atomic mass is 10.4. The maximum Gasteiger partial charge on any atom is 0.264 e. The molecule has 0 radical (unpaired) electrons. The second-order valence-electron chi connectivity index (χ2n) is 2.55. The Labute approximate surface area is 99.1 Å². The van der Waals surface area contributed by atoms with E-state index in [1.54, 1.807) is 12.3 Å². The highest BCUT2D eigenvalue weighted by molar-refractivity contribution is 9.11. The largest absolute Gasteiger partial charge is 0.264 e. The van der Waals surface area contributed by atoms with Gasteiger partial charge in [-0.25, -0.2) is 0 Å². The van der Waals surface area contributed by atoms with Crippen molar-refractivity contribution in [2.75, 3.05) is 6.26 Å². The van der Waals surface area contributed by atoms with E-state index in [0.717, 1.165) is 10.7 Å². The molecule has 0 saturated heterocycles. The first kappa shape index (κ1) is 12.1. The molecule has 14 heavy (non-hydrogen) atoms. The van der Waals surface area contributed by atoms with E-state index in [-0.39, 0.29) is 6.61 Å². The lowest BCUT2D eigenvalue weighted by Gasteiger charge is -2.03. The Morgan fingerprint density at radius 2 is 2.14 bits per heavy atom. The SMILES string of the molecule is CS(=O)(=O)OCc1ncc(Br)cc1Br. The molecule has 78 valence electrons. The molecular formula is C7H7Br2NO3S. The van der Waals surface area contributed by atoms with Crippen LogP contribution in [0.5, 0.6) is 0 Å². The van der Waals surface area contributed by atoms with Crippen molar-refractivity contribution in [3.05, 3.63) is 26.9 Å². The molecule has 0 saturated carbocycles. The quantitative estimate of drug-likeness (QED) is 0.788. The second kappa shape index (κ2) is 4.69. The molecule has 0 unspecified atom stereocenters. The average molecular weight is 345 g/mol. The van der Waals surface area contributed by atoms with Crippen LogP contribution in [0.3, 0.4) is 0 Å². The van der Waals surface area contributed by atoms with Gasteiger partial charge in [-0.2, -0.15) is 8.42 Å². The average Bonchev–Trinajstić information content (AvgIpc) is 2.00. The fraction of sp³-hybridized carbons (Fsp3) is 0.286. The van der Waals surface area contributed by atoms with Crippen LogP contribution in [0.1, 0.15) is 5.69 Å². The molecule has 0 aromatic carbocycles. The third-order valence-electron chi connectivity index (χ3n) is 1.29. The van der Waals surface area contributed by atoms with Crippen LogP contribution in [0.2, 0.25) is 0 Å². The van der Waals surface area contributed by atoms with Crippen LogP contribution < -0.4 is 0 Å². The van der Waals surface area contributed by atoms with E-state index in [0.29, 0.717) is 10.2 Å². The van der Waals surface area contributed by atoms with E-state index >= 15 is 0 Å². The van der Waals surface area contributed by atoms with E-state index in [1.807, 2.05) is 0 Å². The summed E-state index contributed by atoms with van der Waals surface area (Å²) in [5.74, 6) is 0. The molecule has 0 aliphatic carbocycles. The summed E-state index contributed by atoms with van der Waals surface area (Å²) in [6.45, 7) is -0.0628. The number of pyridine rings is 1. The summed E-state index contributed by atoms with van der Waals surface area (Å²) in [5, 5.41) is 0. The van der Waals surface area contributed by atoms with Crippen molar-refractivity contribution >= 4 is 42.0 Å². The molecule has 0 spiro atoms. The molecule has 0 fully saturated rings. The van der Waals surface area contributed by atoms with Crippen molar-refractivity contribution in [1.82, 2.24) is 4.98 Å². The van der Waals surface area contributed by atoms with E-state index in [9.17, 15) is 8.42 Å². The molecule has 1 heterocycles. The standard InChI is InChI=1S/C7H7Br2NO3S/c1-14(11,12)13-4-7-6(9)2-5(8)3-10-7/h2-3H,4H2,1H3. The number of rotatable bonds is 3. The highest BCUT2D eigenvalue weighted by atomic mass is 79.9. The minimum absolute atomic E-state index is 0.0628. The molecule has 0 aliphatic rings. The minimum Gasteiger partial charge on any atom is -0.264 e.